The molecule has 1 heteroatoms. The van der Waals surface area contributed by atoms with E-state index < -0.39 is 0 Å². The molecule has 2 atom stereocenters. The molecule has 18 heavy (non-hydrogen) atoms. The molecule has 2 unspecified atom stereocenters. The Balaban J connectivity index is 2.15. The Hall–Kier alpha value is -1.11. The number of rotatable bonds is 5. The molecule has 1 fully saturated rings. The standard InChI is InChI=1S/C17H24O/c1-2-16(14-9-5-3-6-10-14)17(13-18)15-11-7-4-8-12-15/h3,5-6,9-10,13,15-17H,2,4,7-8,11-12H2,1H3. The molecule has 0 heterocycles. The van der Waals surface area contributed by atoms with Crippen LogP contribution in [-0.2, 0) is 4.79 Å². The number of aldehydes is 1. The summed E-state index contributed by atoms with van der Waals surface area (Å²) >= 11 is 0. The van der Waals surface area contributed by atoms with Crippen LogP contribution in [0.5, 0.6) is 0 Å². The van der Waals surface area contributed by atoms with Gasteiger partial charge in [-0.3, -0.25) is 0 Å². The maximum absolute atomic E-state index is 11.6. The minimum Gasteiger partial charge on any atom is -0.303 e. The lowest BCUT2D eigenvalue weighted by Crippen LogP contribution is -2.25. The van der Waals surface area contributed by atoms with E-state index in [0.29, 0.717) is 11.8 Å². The third-order valence-corrected chi connectivity index (χ3v) is 4.48. The SMILES string of the molecule is CCC(c1ccccc1)C(C=O)C1CCCCC1. The van der Waals surface area contributed by atoms with E-state index in [-0.39, 0.29) is 5.92 Å². The van der Waals surface area contributed by atoms with E-state index in [1.807, 2.05) is 6.07 Å². The first-order chi connectivity index (χ1) is 8.86. The van der Waals surface area contributed by atoms with E-state index in [1.54, 1.807) is 0 Å². The molecular formula is C17H24O. The lowest BCUT2D eigenvalue weighted by Gasteiger charge is -2.32. The summed E-state index contributed by atoms with van der Waals surface area (Å²) in [6.45, 7) is 2.21. The first-order valence-corrected chi connectivity index (χ1v) is 7.37. The molecule has 1 aromatic carbocycles. The number of carbonyl (C=O) groups is 1. The second-order valence-corrected chi connectivity index (χ2v) is 5.54. The van der Waals surface area contributed by atoms with Gasteiger partial charge >= 0.3 is 0 Å². The maximum Gasteiger partial charge on any atom is 0.123 e. The molecule has 0 bridgehead atoms. The Labute approximate surface area is 111 Å². The Morgan fingerprint density at radius 3 is 2.39 bits per heavy atom. The van der Waals surface area contributed by atoms with Gasteiger partial charge in [0.2, 0.25) is 0 Å². The average Bonchev–Trinajstić information content (AvgIpc) is 2.46. The monoisotopic (exact) mass is 244 g/mol. The van der Waals surface area contributed by atoms with Crippen molar-refractivity contribution in [1.82, 2.24) is 0 Å². The van der Waals surface area contributed by atoms with Gasteiger partial charge in [-0.05, 0) is 36.7 Å². The number of hydrogen-bond acceptors (Lipinski definition) is 1. The fourth-order valence-electron chi connectivity index (χ4n) is 3.48. The molecule has 0 N–H and O–H groups in total. The van der Waals surface area contributed by atoms with E-state index in [4.69, 9.17) is 0 Å². The summed E-state index contributed by atoms with van der Waals surface area (Å²) in [4.78, 5) is 11.6. The van der Waals surface area contributed by atoms with Gasteiger partial charge in [-0.1, -0.05) is 56.5 Å². The Bertz CT molecular complexity index is 351. The lowest BCUT2D eigenvalue weighted by atomic mass is 9.72. The minimum absolute atomic E-state index is 0.220. The summed E-state index contributed by atoms with van der Waals surface area (Å²) in [6, 6.07) is 10.6. The molecule has 1 aliphatic carbocycles. The quantitative estimate of drug-likeness (QED) is 0.693. The van der Waals surface area contributed by atoms with Crippen molar-refractivity contribution >= 4 is 6.29 Å². The molecule has 0 aromatic heterocycles. The molecule has 0 aliphatic heterocycles. The summed E-state index contributed by atoms with van der Waals surface area (Å²) in [7, 11) is 0. The van der Waals surface area contributed by atoms with Gasteiger partial charge in [0.15, 0.2) is 0 Å². The first kappa shape index (κ1) is 13.3. The number of carbonyl (C=O) groups excluding carboxylic acids is 1. The second-order valence-electron chi connectivity index (χ2n) is 5.54. The highest BCUT2D eigenvalue weighted by Gasteiger charge is 2.30. The van der Waals surface area contributed by atoms with Crippen molar-refractivity contribution in [3.63, 3.8) is 0 Å². The summed E-state index contributed by atoms with van der Waals surface area (Å²) in [5, 5.41) is 0. The van der Waals surface area contributed by atoms with Gasteiger partial charge in [-0.15, -0.1) is 0 Å². The van der Waals surface area contributed by atoms with Gasteiger partial charge in [0, 0.05) is 5.92 Å². The summed E-state index contributed by atoms with van der Waals surface area (Å²) < 4.78 is 0. The molecule has 98 valence electrons. The summed E-state index contributed by atoms with van der Waals surface area (Å²) in [5.74, 6) is 1.24. The Kier molecular flexibility index (Phi) is 4.98. The van der Waals surface area contributed by atoms with Gasteiger partial charge in [-0.25, -0.2) is 0 Å². The van der Waals surface area contributed by atoms with E-state index in [2.05, 4.69) is 31.2 Å². The van der Waals surface area contributed by atoms with E-state index >= 15 is 0 Å². The Morgan fingerprint density at radius 1 is 1.17 bits per heavy atom. The molecular weight excluding hydrogens is 220 g/mol. The van der Waals surface area contributed by atoms with E-state index in [0.717, 1.165) is 6.42 Å². The third kappa shape index (κ3) is 3.01. The van der Waals surface area contributed by atoms with Gasteiger partial charge < -0.3 is 4.79 Å². The molecule has 0 amide bonds. The van der Waals surface area contributed by atoms with Crippen LogP contribution in [0.25, 0.3) is 0 Å². The van der Waals surface area contributed by atoms with Crippen molar-refractivity contribution in [2.24, 2.45) is 11.8 Å². The van der Waals surface area contributed by atoms with Gasteiger partial charge in [-0.2, -0.15) is 0 Å². The van der Waals surface area contributed by atoms with Crippen LogP contribution in [0.1, 0.15) is 56.9 Å². The minimum atomic E-state index is 0.220. The molecule has 1 aromatic rings. The van der Waals surface area contributed by atoms with Crippen LogP contribution in [-0.4, -0.2) is 6.29 Å². The zero-order valence-corrected chi connectivity index (χ0v) is 11.3. The van der Waals surface area contributed by atoms with Crippen LogP contribution in [0.4, 0.5) is 0 Å². The topological polar surface area (TPSA) is 17.1 Å². The van der Waals surface area contributed by atoms with Crippen LogP contribution in [0.3, 0.4) is 0 Å². The highest BCUT2D eigenvalue weighted by atomic mass is 16.1. The maximum atomic E-state index is 11.6. The average molecular weight is 244 g/mol. The van der Waals surface area contributed by atoms with Crippen molar-refractivity contribution in [2.75, 3.05) is 0 Å². The second kappa shape index (κ2) is 6.72. The normalized spacial score (nSPS) is 20.3. The smallest absolute Gasteiger partial charge is 0.123 e. The predicted molar refractivity (Wildman–Crippen MR) is 75.6 cm³/mol. The van der Waals surface area contributed by atoms with Gasteiger partial charge in [0.1, 0.15) is 6.29 Å². The van der Waals surface area contributed by atoms with E-state index in [9.17, 15) is 4.79 Å². The van der Waals surface area contributed by atoms with E-state index in [1.165, 1.54) is 44.0 Å². The fourth-order valence-corrected chi connectivity index (χ4v) is 3.48. The largest absolute Gasteiger partial charge is 0.303 e. The number of benzene rings is 1. The van der Waals surface area contributed by atoms with Crippen molar-refractivity contribution in [3.05, 3.63) is 35.9 Å². The molecule has 2 rings (SSSR count). The number of hydrogen-bond donors (Lipinski definition) is 0. The van der Waals surface area contributed by atoms with Crippen molar-refractivity contribution in [3.8, 4) is 0 Å². The molecule has 0 radical (unpaired) electrons. The van der Waals surface area contributed by atoms with Crippen LogP contribution in [0.15, 0.2) is 30.3 Å². The molecule has 1 saturated carbocycles. The van der Waals surface area contributed by atoms with Crippen LogP contribution in [0, 0.1) is 11.8 Å². The van der Waals surface area contributed by atoms with Crippen LogP contribution in [0.2, 0.25) is 0 Å². The highest BCUT2D eigenvalue weighted by molar-refractivity contribution is 5.56. The zero-order valence-electron chi connectivity index (χ0n) is 11.3. The van der Waals surface area contributed by atoms with Crippen molar-refractivity contribution in [2.45, 2.75) is 51.4 Å². The van der Waals surface area contributed by atoms with Crippen LogP contribution >= 0.6 is 0 Å². The fraction of sp³-hybridized carbons (Fsp3) is 0.588. The molecule has 0 saturated heterocycles. The zero-order chi connectivity index (χ0) is 12.8. The van der Waals surface area contributed by atoms with Gasteiger partial charge in [0.05, 0.1) is 0 Å². The highest BCUT2D eigenvalue weighted by Crippen LogP contribution is 2.38. The predicted octanol–water partition coefficient (Wildman–Crippen LogP) is 4.58. The van der Waals surface area contributed by atoms with Crippen LogP contribution < -0.4 is 0 Å². The molecule has 1 nitrogen and oxygen atoms in total. The summed E-state index contributed by atoms with van der Waals surface area (Å²) in [5.41, 5.74) is 1.34. The first-order valence-electron chi connectivity index (χ1n) is 7.37. The lowest BCUT2D eigenvalue weighted by molar-refractivity contribution is -0.113. The van der Waals surface area contributed by atoms with Crippen molar-refractivity contribution in [1.29, 1.82) is 0 Å². The van der Waals surface area contributed by atoms with Crippen molar-refractivity contribution < 1.29 is 4.79 Å². The molecule has 1 aliphatic rings. The molecule has 0 spiro atoms. The Morgan fingerprint density at radius 2 is 1.83 bits per heavy atom. The third-order valence-electron chi connectivity index (χ3n) is 4.48. The summed E-state index contributed by atoms with van der Waals surface area (Å²) in [6.07, 6.45) is 8.74. The van der Waals surface area contributed by atoms with Gasteiger partial charge in [0.25, 0.3) is 0 Å².